The predicted octanol–water partition coefficient (Wildman–Crippen LogP) is 4.16. The Morgan fingerprint density at radius 3 is 2.37 bits per heavy atom. The predicted molar refractivity (Wildman–Crippen MR) is 101 cm³/mol. The SMILES string of the molecule is CC(C)[C@@H]1COC(=O)N1C(=O)[C@H](CC(=O)OC(C)(C)C)c1ccc(Cl)cc1. The number of amides is 2. The monoisotopic (exact) mass is 395 g/mol. The number of hydrogen-bond donors (Lipinski definition) is 0. The minimum atomic E-state index is -0.857. The Bertz CT molecular complexity index is 708. The zero-order valence-corrected chi connectivity index (χ0v) is 17.1. The minimum absolute atomic E-state index is 0.0350. The molecule has 1 aromatic rings. The molecule has 0 radical (unpaired) electrons. The highest BCUT2D eigenvalue weighted by Crippen LogP contribution is 2.30. The second-order valence-electron chi connectivity index (χ2n) is 7.99. The quantitative estimate of drug-likeness (QED) is 0.700. The number of halogens is 1. The second-order valence-corrected chi connectivity index (χ2v) is 8.43. The Hall–Kier alpha value is -2.08. The van der Waals surface area contributed by atoms with E-state index in [1.165, 1.54) is 0 Å². The molecule has 0 saturated carbocycles. The maximum atomic E-state index is 13.2. The van der Waals surface area contributed by atoms with Crippen LogP contribution in [0.3, 0.4) is 0 Å². The van der Waals surface area contributed by atoms with Crippen molar-refractivity contribution in [3.8, 4) is 0 Å². The zero-order chi connectivity index (χ0) is 20.4. The Morgan fingerprint density at radius 2 is 1.85 bits per heavy atom. The molecule has 6 nitrogen and oxygen atoms in total. The number of carbonyl (C=O) groups excluding carboxylic acids is 3. The van der Waals surface area contributed by atoms with Crippen molar-refractivity contribution in [1.29, 1.82) is 0 Å². The molecule has 0 aromatic heterocycles. The minimum Gasteiger partial charge on any atom is -0.460 e. The first kappa shape index (κ1) is 21.2. The summed E-state index contributed by atoms with van der Waals surface area (Å²) in [7, 11) is 0. The second kappa shape index (κ2) is 8.30. The third-order valence-corrected chi connectivity index (χ3v) is 4.53. The van der Waals surface area contributed by atoms with Gasteiger partial charge in [-0.2, -0.15) is 0 Å². The normalized spacial score (nSPS) is 18.4. The number of cyclic esters (lactones) is 1. The Kier molecular flexibility index (Phi) is 6.52. The van der Waals surface area contributed by atoms with Gasteiger partial charge in [-0.1, -0.05) is 37.6 Å². The van der Waals surface area contributed by atoms with E-state index in [0.717, 1.165) is 4.90 Å². The maximum Gasteiger partial charge on any atom is 0.417 e. The maximum absolute atomic E-state index is 13.2. The first-order valence-corrected chi connectivity index (χ1v) is 9.34. The molecule has 0 bridgehead atoms. The summed E-state index contributed by atoms with van der Waals surface area (Å²) in [5.41, 5.74) is -0.0741. The molecule has 148 valence electrons. The van der Waals surface area contributed by atoms with Crippen LogP contribution in [-0.4, -0.2) is 41.1 Å². The van der Waals surface area contributed by atoms with Crippen LogP contribution in [0.2, 0.25) is 5.02 Å². The van der Waals surface area contributed by atoms with Gasteiger partial charge in [-0.05, 0) is 44.4 Å². The summed E-state index contributed by atoms with van der Waals surface area (Å²) in [4.78, 5) is 38.9. The lowest BCUT2D eigenvalue weighted by atomic mass is 9.92. The van der Waals surface area contributed by atoms with Gasteiger partial charge >= 0.3 is 12.1 Å². The molecule has 1 saturated heterocycles. The fourth-order valence-corrected chi connectivity index (χ4v) is 3.07. The molecule has 1 fully saturated rings. The summed E-state index contributed by atoms with van der Waals surface area (Å²) < 4.78 is 10.5. The molecule has 1 aromatic carbocycles. The Morgan fingerprint density at radius 1 is 1.26 bits per heavy atom. The lowest BCUT2D eigenvalue weighted by Crippen LogP contribution is -2.44. The number of ether oxygens (including phenoxy) is 2. The Labute approximate surface area is 164 Å². The van der Waals surface area contributed by atoms with Gasteiger partial charge in [0.25, 0.3) is 0 Å². The molecule has 1 heterocycles. The summed E-state index contributed by atoms with van der Waals surface area (Å²) in [6.07, 6.45) is -0.853. The van der Waals surface area contributed by atoms with Gasteiger partial charge < -0.3 is 9.47 Å². The number of imide groups is 1. The van der Waals surface area contributed by atoms with Crippen molar-refractivity contribution >= 4 is 29.6 Å². The molecule has 2 rings (SSSR count). The van der Waals surface area contributed by atoms with Crippen LogP contribution in [0.25, 0.3) is 0 Å². The van der Waals surface area contributed by atoms with E-state index in [-0.39, 0.29) is 25.0 Å². The number of benzene rings is 1. The highest BCUT2D eigenvalue weighted by molar-refractivity contribution is 6.30. The smallest absolute Gasteiger partial charge is 0.417 e. The highest BCUT2D eigenvalue weighted by atomic mass is 35.5. The number of esters is 1. The topological polar surface area (TPSA) is 72.9 Å². The standard InChI is InChI=1S/C20H26ClNO5/c1-12(2)16-11-26-19(25)22(16)18(24)15(10-17(23)27-20(3,4)5)13-6-8-14(21)9-7-13/h6-9,12,15-16H,10-11H2,1-5H3/t15-,16+/m1/s1. The molecule has 1 aliphatic heterocycles. The van der Waals surface area contributed by atoms with Crippen LogP contribution in [0, 0.1) is 5.92 Å². The average Bonchev–Trinajstić information content (AvgIpc) is 2.93. The average molecular weight is 396 g/mol. The van der Waals surface area contributed by atoms with E-state index in [4.69, 9.17) is 21.1 Å². The van der Waals surface area contributed by atoms with E-state index in [2.05, 4.69) is 0 Å². The van der Waals surface area contributed by atoms with E-state index in [0.29, 0.717) is 10.6 Å². The van der Waals surface area contributed by atoms with Crippen molar-refractivity contribution in [2.75, 3.05) is 6.61 Å². The lowest BCUT2D eigenvalue weighted by molar-refractivity contribution is -0.157. The summed E-state index contributed by atoms with van der Waals surface area (Å²) in [6.45, 7) is 9.27. The van der Waals surface area contributed by atoms with Gasteiger partial charge in [-0.15, -0.1) is 0 Å². The zero-order valence-electron chi connectivity index (χ0n) is 16.3. The number of nitrogens with zero attached hydrogens (tertiary/aromatic N) is 1. The number of carbonyl (C=O) groups is 3. The fourth-order valence-electron chi connectivity index (χ4n) is 2.94. The molecule has 0 unspecified atom stereocenters. The van der Waals surface area contributed by atoms with Crippen molar-refractivity contribution in [2.45, 2.75) is 58.6 Å². The van der Waals surface area contributed by atoms with Crippen LogP contribution < -0.4 is 0 Å². The van der Waals surface area contributed by atoms with Crippen molar-refractivity contribution in [3.63, 3.8) is 0 Å². The van der Waals surface area contributed by atoms with E-state index in [9.17, 15) is 14.4 Å². The van der Waals surface area contributed by atoms with Crippen LogP contribution in [0.4, 0.5) is 4.79 Å². The molecule has 1 aliphatic rings. The van der Waals surface area contributed by atoms with Crippen LogP contribution in [0.5, 0.6) is 0 Å². The number of rotatable bonds is 5. The third kappa shape index (κ3) is 5.45. The van der Waals surface area contributed by atoms with Crippen molar-refractivity contribution in [3.05, 3.63) is 34.9 Å². The van der Waals surface area contributed by atoms with Crippen LogP contribution in [0.1, 0.15) is 52.5 Å². The third-order valence-electron chi connectivity index (χ3n) is 4.27. The summed E-state index contributed by atoms with van der Waals surface area (Å²) >= 11 is 5.94. The molecule has 0 spiro atoms. The highest BCUT2D eigenvalue weighted by Gasteiger charge is 2.43. The van der Waals surface area contributed by atoms with Gasteiger partial charge in [0.05, 0.1) is 18.4 Å². The summed E-state index contributed by atoms with van der Waals surface area (Å²) in [5, 5.41) is 0.517. The van der Waals surface area contributed by atoms with Crippen molar-refractivity contribution in [2.24, 2.45) is 5.92 Å². The van der Waals surface area contributed by atoms with Crippen LogP contribution in [-0.2, 0) is 19.1 Å². The Balaban J connectivity index is 2.33. The first-order valence-electron chi connectivity index (χ1n) is 8.96. The molecule has 7 heteroatoms. The molecular weight excluding hydrogens is 370 g/mol. The van der Waals surface area contributed by atoms with Gasteiger partial charge in [0.15, 0.2) is 0 Å². The summed E-state index contributed by atoms with van der Waals surface area (Å²) in [6, 6.07) is 6.30. The lowest BCUT2D eigenvalue weighted by Gasteiger charge is -2.27. The van der Waals surface area contributed by atoms with Gasteiger partial charge in [0.2, 0.25) is 5.91 Å². The molecular formula is C20H26ClNO5. The molecule has 0 N–H and O–H groups in total. The first-order chi connectivity index (χ1) is 12.5. The van der Waals surface area contributed by atoms with Crippen LogP contribution >= 0.6 is 11.6 Å². The van der Waals surface area contributed by atoms with E-state index < -0.39 is 29.5 Å². The summed E-state index contributed by atoms with van der Waals surface area (Å²) in [5.74, 6) is -1.80. The molecule has 27 heavy (non-hydrogen) atoms. The van der Waals surface area contributed by atoms with E-state index >= 15 is 0 Å². The number of hydrogen-bond acceptors (Lipinski definition) is 5. The molecule has 2 atom stereocenters. The van der Waals surface area contributed by atoms with E-state index in [1.54, 1.807) is 45.0 Å². The fraction of sp³-hybridized carbons (Fsp3) is 0.550. The van der Waals surface area contributed by atoms with E-state index in [1.807, 2.05) is 13.8 Å². The van der Waals surface area contributed by atoms with Crippen molar-refractivity contribution in [1.82, 2.24) is 4.90 Å². The van der Waals surface area contributed by atoms with Gasteiger partial charge in [0, 0.05) is 5.02 Å². The molecule has 2 amide bonds. The van der Waals surface area contributed by atoms with Gasteiger partial charge in [-0.25, -0.2) is 9.69 Å². The van der Waals surface area contributed by atoms with Crippen molar-refractivity contribution < 1.29 is 23.9 Å². The van der Waals surface area contributed by atoms with Crippen LogP contribution in [0.15, 0.2) is 24.3 Å². The molecule has 0 aliphatic carbocycles. The largest absolute Gasteiger partial charge is 0.460 e. The van der Waals surface area contributed by atoms with Gasteiger partial charge in [0.1, 0.15) is 12.2 Å². The van der Waals surface area contributed by atoms with Gasteiger partial charge in [-0.3, -0.25) is 9.59 Å².